The minimum absolute atomic E-state index is 0. The van der Waals surface area contributed by atoms with Crippen LogP contribution in [0.4, 0.5) is 4.39 Å². The summed E-state index contributed by atoms with van der Waals surface area (Å²) in [5, 5.41) is 0. The van der Waals surface area contributed by atoms with Gasteiger partial charge in [-0.1, -0.05) is 23.2 Å². The summed E-state index contributed by atoms with van der Waals surface area (Å²) in [5.74, 6) is -0.491. The van der Waals surface area contributed by atoms with Gasteiger partial charge in [0, 0.05) is 5.75 Å². The van der Waals surface area contributed by atoms with Crippen molar-refractivity contribution in [1.29, 1.82) is 0 Å². The predicted molar refractivity (Wildman–Crippen MR) is 43.8 cm³/mol. The van der Waals surface area contributed by atoms with Crippen molar-refractivity contribution in [2.45, 2.75) is 12.7 Å². The molecule has 0 spiro atoms. The molecule has 0 amide bonds. The molecule has 13 heavy (non-hydrogen) atoms. The van der Waals surface area contributed by atoms with E-state index in [4.69, 9.17) is 0 Å². The van der Waals surface area contributed by atoms with Gasteiger partial charge in [0.15, 0.2) is 0 Å². The van der Waals surface area contributed by atoms with E-state index in [2.05, 4.69) is 0 Å². The minimum atomic E-state index is -2.15. The van der Waals surface area contributed by atoms with Crippen molar-refractivity contribution in [1.82, 2.24) is 0 Å². The third kappa shape index (κ3) is 4.33. The Kier molecular flexibility index (Phi) is 6.00. The van der Waals surface area contributed by atoms with Crippen molar-refractivity contribution in [2.75, 3.05) is 0 Å². The number of benzene rings is 1. The average molecular weight is 210 g/mol. The molecule has 5 heteroatoms. The summed E-state index contributed by atoms with van der Waals surface area (Å²) in [4.78, 5) is 0. The normalized spacial score (nSPS) is 11.9. The van der Waals surface area contributed by atoms with E-state index >= 15 is 0 Å². The van der Waals surface area contributed by atoms with E-state index in [0.717, 1.165) is 0 Å². The van der Waals surface area contributed by atoms with Crippen LogP contribution in [-0.2, 0) is 16.8 Å². The third-order valence-corrected chi connectivity index (χ3v) is 2.09. The van der Waals surface area contributed by atoms with Gasteiger partial charge in [0.25, 0.3) is 0 Å². The SMILES string of the molecule is Cc1ccc(CS(=O)[O-])cc1F.[Na+]. The van der Waals surface area contributed by atoms with Gasteiger partial charge >= 0.3 is 29.6 Å². The first-order chi connectivity index (χ1) is 5.59. The van der Waals surface area contributed by atoms with Gasteiger partial charge < -0.3 is 4.55 Å². The first kappa shape index (κ1) is 13.3. The summed E-state index contributed by atoms with van der Waals surface area (Å²) in [6.07, 6.45) is 0. The zero-order chi connectivity index (χ0) is 9.14. The Balaban J connectivity index is 0.00000144. The van der Waals surface area contributed by atoms with Gasteiger partial charge in [-0.3, -0.25) is 4.21 Å². The Morgan fingerprint density at radius 2 is 2.15 bits per heavy atom. The second kappa shape index (κ2) is 5.88. The predicted octanol–water partition coefficient (Wildman–Crippen LogP) is -1.48. The number of hydrogen-bond acceptors (Lipinski definition) is 2. The van der Waals surface area contributed by atoms with Crippen LogP contribution in [0.2, 0.25) is 0 Å². The van der Waals surface area contributed by atoms with Crippen LogP contribution in [0.15, 0.2) is 18.2 Å². The van der Waals surface area contributed by atoms with Gasteiger partial charge in [-0.15, -0.1) is 0 Å². The van der Waals surface area contributed by atoms with Crippen LogP contribution in [0.1, 0.15) is 11.1 Å². The van der Waals surface area contributed by atoms with Crippen molar-refractivity contribution in [3.8, 4) is 0 Å². The maximum absolute atomic E-state index is 12.8. The zero-order valence-electron chi connectivity index (χ0n) is 7.54. The smallest absolute Gasteiger partial charge is 0.772 e. The van der Waals surface area contributed by atoms with E-state index in [1.165, 1.54) is 6.07 Å². The summed E-state index contributed by atoms with van der Waals surface area (Å²) in [6.45, 7) is 1.63. The number of rotatable bonds is 2. The molecule has 66 valence electrons. The fraction of sp³-hybridized carbons (Fsp3) is 0.250. The van der Waals surface area contributed by atoms with Crippen LogP contribution in [0, 0.1) is 12.7 Å². The van der Waals surface area contributed by atoms with Crippen LogP contribution < -0.4 is 29.6 Å². The van der Waals surface area contributed by atoms with Crippen molar-refractivity contribution in [2.24, 2.45) is 0 Å². The first-order valence-electron chi connectivity index (χ1n) is 3.40. The quantitative estimate of drug-likeness (QED) is 0.441. The van der Waals surface area contributed by atoms with Crippen LogP contribution in [0.25, 0.3) is 0 Å². The van der Waals surface area contributed by atoms with Gasteiger partial charge in [-0.2, -0.15) is 0 Å². The van der Waals surface area contributed by atoms with Gasteiger partial charge in [-0.05, 0) is 24.1 Å². The maximum Gasteiger partial charge on any atom is 1.00 e. The second-order valence-corrected chi connectivity index (χ2v) is 3.43. The summed E-state index contributed by atoms with van der Waals surface area (Å²) in [5.41, 5.74) is 1.00. The monoisotopic (exact) mass is 210 g/mol. The van der Waals surface area contributed by atoms with Gasteiger partial charge in [0.05, 0.1) is 0 Å². The molecule has 1 rings (SSSR count). The Hall–Kier alpha value is 0.260. The molecule has 1 atom stereocenters. The Morgan fingerprint density at radius 3 is 2.62 bits per heavy atom. The van der Waals surface area contributed by atoms with Crippen LogP contribution in [0.3, 0.4) is 0 Å². The summed E-state index contributed by atoms with van der Waals surface area (Å²) in [7, 11) is 0. The molecule has 0 radical (unpaired) electrons. The van der Waals surface area contributed by atoms with E-state index in [0.29, 0.717) is 11.1 Å². The molecule has 0 aliphatic carbocycles. The molecule has 0 aliphatic rings. The number of hydrogen-bond donors (Lipinski definition) is 0. The minimum Gasteiger partial charge on any atom is -0.772 e. The number of halogens is 1. The molecule has 0 aromatic heterocycles. The van der Waals surface area contributed by atoms with E-state index < -0.39 is 11.1 Å². The summed E-state index contributed by atoms with van der Waals surface area (Å²) in [6, 6.07) is 4.41. The molecule has 1 aromatic rings. The fourth-order valence-electron chi connectivity index (χ4n) is 0.862. The second-order valence-electron chi connectivity index (χ2n) is 2.53. The van der Waals surface area contributed by atoms with Gasteiger partial charge in [-0.25, -0.2) is 4.39 Å². The average Bonchev–Trinajstić information content (AvgIpc) is 1.96. The fourth-order valence-corrected chi connectivity index (χ4v) is 1.31. The van der Waals surface area contributed by atoms with Crippen molar-refractivity contribution >= 4 is 11.1 Å². The van der Waals surface area contributed by atoms with Crippen molar-refractivity contribution in [3.05, 3.63) is 35.1 Å². The topological polar surface area (TPSA) is 40.1 Å². The standard InChI is InChI=1S/C8H9FO2S.Na/c1-6-2-3-7(4-8(6)9)5-12(10)11;/h2-4H,5H2,1H3,(H,10,11);/q;+1/p-1. The number of aryl methyl sites for hydroxylation is 1. The largest absolute Gasteiger partial charge is 1.00 e. The molecule has 0 fully saturated rings. The molecule has 0 aliphatic heterocycles. The molecular weight excluding hydrogens is 202 g/mol. The summed E-state index contributed by atoms with van der Waals surface area (Å²) >= 11 is -2.15. The van der Waals surface area contributed by atoms with E-state index in [-0.39, 0.29) is 41.1 Å². The first-order valence-corrected chi connectivity index (χ1v) is 4.65. The molecule has 0 N–H and O–H groups in total. The molecule has 0 saturated heterocycles. The van der Waals surface area contributed by atoms with Crippen molar-refractivity contribution in [3.63, 3.8) is 0 Å². The Labute approximate surface area is 101 Å². The van der Waals surface area contributed by atoms with E-state index in [9.17, 15) is 13.2 Å². The van der Waals surface area contributed by atoms with Crippen molar-refractivity contribution < 1.29 is 42.7 Å². The van der Waals surface area contributed by atoms with E-state index in [1.54, 1.807) is 19.1 Å². The third-order valence-electron chi connectivity index (χ3n) is 1.52. The Bertz CT molecular complexity index is 317. The van der Waals surface area contributed by atoms with Crippen LogP contribution in [-0.4, -0.2) is 8.76 Å². The molecule has 1 aromatic carbocycles. The summed E-state index contributed by atoms with van der Waals surface area (Å²) < 4.78 is 33.3. The molecule has 0 bridgehead atoms. The molecule has 2 nitrogen and oxygen atoms in total. The van der Waals surface area contributed by atoms with Gasteiger partial charge in [0.1, 0.15) is 5.82 Å². The van der Waals surface area contributed by atoms with Crippen LogP contribution >= 0.6 is 0 Å². The zero-order valence-corrected chi connectivity index (χ0v) is 10.4. The van der Waals surface area contributed by atoms with Gasteiger partial charge in [0.2, 0.25) is 0 Å². The molecule has 1 unspecified atom stereocenters. The van der Waals surface area contributed by atoms with Crippen LogP contribution in [0.5, 0.6) is 0 Å². The molecule has 0 heterocycles. The maximum atomic E-state index is 12.8. The molecule has 0 saturated carbocycles. The molecular formula is C8H8FNaO2S. The van der Waals surface area contributed by atoms with E-state index in [1.807, 2.05) is 0 Å². The Morgan fingerprint density at radius 1 is 1.54 bits per heavy atom.